The summed E-state index contributed by atoms with van der Waals surface area (Å²) in [6.07, 6.45) is 6.96. The highest BCUT2D eigenvalue weighted by atomic mass is 35.5. The maximum absolute atomic E-state index is 15.2. The van der Waals surface area contributed by atoms with E-state index in [9.17, 15) is 14.7 Å². The number of aliphatic hydroxyl groups excluding tert-OH is 1. The first-order valence-electron chi connectivity index (χ1n) is 26.3. The lowest BCUT2D eigenvalue weighted by Gasteiger charge is -2.39. The minimum Gasteiger partial charge on any atom is -0.497 e. The molecule has 5 heterocycles. The second kappa shape index (κ2) is 23.5. The van der Waals surface area contributed by atoms with Crippen molar-refractivity contribution >= 4 is 58.3 Å². The van der Waals surface area contributed by atoms with E-state index in [1.807, 2.05) is 97.9 Å². The average Bonchev–Trinajstić information content (AvgIpc) is 4.05. The largest absolute Gasteiger partial charge is 0.497 e. The Balaban J connectivity index is 0.763. The third-order valence-electron chi connectivity index (χ3n) is 15.0. The predicted molar refractivity (Wildman–Crippen MR) is 298 cm³/mol. The maximum atomic E-state index is 15.2. The molecule has 14 nitrogen and oxygen atoms in total. The van der Waals surface area contributed by atoms with Gasteiger partial charge in [0, 0.05) is 84.4 Å². The summed E-state index contributed by atoms with van der Waals surface area (Å²) in [4.78, 5) is 59.5. The highest BCUT2D eigenvalue weighted by Crippen LogP contribution is 2.49. The van der Waals surface area contributed by atoms with Crippen molar-refractivity contribution in [1.82, 2.24) is 24.6 Å². The van der Waals surface area contributed by atoms with E-state index in [-0.39, 0.29) is 55.1 Å². The molecule has 6 aromatic rings. The lowest BCUT2D eigenvalue weighted by Crippen LogP contribution is -2.56. The third kappa shape index (κ3) is 11.6. The average molecular weight is 1060 g/mol. The Bertz CT molecular complexity index is 3070. The van der Waals surface area contributed by atoms with Gasteiger partial charge in [0.15, 0.2) is 0 Å². The molecule has 10 rings (SSSR count). The Morgan fingerprint density at radius 2 is 1.58 bits per heavy atom. The van der Waals surface area contributed by atoms with Crippen LogP contribution in [0, 0.1) is 5.92 Å². The maximum Gasteiger partial charge on any atom is 0.326 e. The number of aliphatic imine (C=N–C) groups is 1. The highest BCUT2D eigenvalue weighted by molar-refractivity contribution is 6.30. The molecule has 2 fully saturated rings. The van der Waals surface area contributed by atoms with Gasteiger partial charge in [-0.25, -0.2) is 4.79 Å². The van der Waals surface area contributed by atoms with Crippen LogP contribution in [0.2, 0.25) is 10.0 Å². The van der Waals surface area contributed by atoms with Crippen molar-refractivity contribution in [3.63, 3.8) is 0 Å². The van der Waals surface area contributed by atoms with E-state index < -0.39 is 12.1 Å². The first-order chi connectivity index (χ1) is 36.9. The number of amides is 4. The lowest BCUT2D eigenvalue weighted by atomic mass is 9.82. The van der Waals surface area contributed by atoms with Crippen molar-refractivity contribution < 1.29 is 29.0 Å². The number of nitrogens with one attached hydrogen (secondary N) is 2. The predicted octanol–water partition coefficient (Wildman–Crippen LogP) is 11.2. The lowest BCUT2D eigenvalue weighted by molar-refractivity contribution is -0.135. The molecule has 4 aliphatic heterocycles. The third-order valence-corrected chi connectivity index (χ3v) is 15.5. The molecule has 5 atom stereocenters. The minimum atomic E-state index is -0.603. The van der Waals surface area contributed by atoms with Crippen molar-refractivity contribution in [1.29, 1.82) is 0 Å². The number of hydrogen-bond donors (Lipinski definition) is 3. The molecule has 394 valence electrons. The molecule has 0 radical (unpaired) electrons. The molecule has 76 heavy (non-hydrogen) atoms. The number of hydrogen-bond acceptors (Lipinski definition) is 10. The summed E-state index contributed by atoms with van der Waals surface area (Å²) in [7, 11) is 1.59. The molecule has 0 unspecified atom stereocenters. The molecule has 5 aromatic carbocycles. The number of benzene rings is 5. The normalized spacial score (nSPS) is 20.2. The molecule has 2 saturated heterocycles. The van der Waals surface area contributed by atoms with E-state index in [4.69, 9.17) is 37.7 Å². The number of rotatable bonds is 17. The Hall–Kier alpha value is -6.97. The number of amidine groups is 1. The van der Waals surface area contributed by atoms with Crippen LogP contribution in [-0.2, 0) is 16.1 Å². The Kier molecular flexibility index (Phi) is 16.2. The number of pyridine rings is 1. The van der Waals surface area contributed by atoms with Crippen LogP contribution in [0.25, 0.3) is 11.1 Å². The van der Waals surface area contributed by atoms with Crippen LogP contribution in [0.5, 0.6) is 11.5 Å². The fraction of sp³-hybridized carbons (Fsp3) is 0.350. The van der Waals surface area contributed by atoms with Crippen molar-refractivity contribution in [3.8, 4) is 22.6 Å². The van der Waals surface area contributed by atoms with E-state index in [0.717, 1.165) is 66.0 Å². The van der Waals surface area contributed by atoms with E-state index in [0.29, 0.717) is 65.4 Å². The zero-order chi connectivity index (χ0) is 52.9. The summed E-state index contributed by atoms with van der Waals surface area (Å²) in [5.41, 5.74) is 8.57. The molecule has 16 heteroatoms. The first kappa shape index (κ1) is 52.5. The molecule has 0 aliphatic carbocycles. The molecule has 1 aromatic heterocycles. The van der Waals surface area contributed by atoms with Gasteiger partial charge in [-0.15, -0.1) is 0 Å². The van der Waals surface area contributed by atoms with E-state index in [1.54, 1.807) is 35.1 Å². The van der Waals surface area contributed by atoms with Gasteiger partial charge in [-0.2, -0.15) is 0 Å². The molecule has 3 N–H and O–H groups in total. The van der Waals surface area contributed by atoms with Crippen molar-refractivity contribution in [3.05, 3.63) is 172 Å². The summed E-state index contributed by atoms with van der Waals surface area (Å²) in [6.45, 7) is 6.82. The summed E-state index contributed by atoms with van der Waals surface area (Å²) in [5, 5.41) is 18.2. The number of unbranched alkanes of at least 4 members (excludes halogenated alkanes) is 2. The van der Waals surface area contributed by atoms with Crippen LogP contribution in [0.1, 0.15) is 91.9 Å². The number of carbonyl (C=O) groups is 3. The quantitative estimate of drug-likeness (QED) is 0.0758. The number of anilines is 2. The summed E-state index contributed by atoms with van der Waals surface area (Å²) in [6, 6.07) is 37.6. The zero-order valence-corrected chi connectivity index (χ0v) is 44.6. The number of urea groups is 1. The van der Waals surface area contributed by atoms with E-state index >= 15 is 4.79 Å². The fourth-order valence-corrected chi connectivity index (χ4v) is 11.5. The number of carbonyl (C=O) groups excluding carboxylic acids is 3. The van der Waals surface area contributed by atoms with E-state index in [1.165, 1.54) is 11.1 Å². The van der Waals surface area contributed by atoms with Gasteiger partial charge in [-0.1, -0.05) is 72.1 Å². The zero-order valence-electron chi connectivity index (χ0n) is 43.1. The first-order valence-corrected chi connectivity index (χ1v) is 27.0. The smallest absolute Gasteiger partial charge is 0.326 e. The van der Waals surface area contributed by atoms with Gasteiger partial charge < -0.3 is 35.0 Å². The molecule has 4 amide bonds. The SMILES string of the molecule is COc1ccc(C2=N[C@H](c3ccc(Cl)cc3)[C@H](c3ccc(Cl)cc3)N2C(=O)N2CCN(CCCCCC(=O)Nc3cccc(-c4ccc5c(c4)[C@H]4[C@H](CCN4Cc4ccncc4)[C@@H](CO)N5)c3)C(=O)C2)c(OC(C)C)c1. The highest BCUT2D eigenvalue weighted by Gasteiger charge is 2.46. The van der Waals surface area contributed by atoms with Crippen LogP contribution in [0.4, 0.5) is 16.2 Å². The topological polar surface area (TPSA) is 152 Å². The van der Waals surface area contributed by atoms with Crippen LogP contribution < -0.4 is 20.1 Å². The van der Waals surface area contributed by atoms with Crippen molar-refractivity contribution in [2.45, 2.75) is 82.8 Å². The van der Waals surface area contributed by atoms with Gasteiger partial charge in [0.2, 0.25) is 11.8 Å². The van der Waals surface area contributed by atoms with Gasteiger partial charge in [0.1, 0.15) is 29.9 Å². The standard InChI is InChI=1S/C60H64Cl2N8O6/c1-38(2)76-53-34-47(75-3)20-21-49(53)59-66-56(40-11-16-44(61)17-12-40)57(41-13-18-45(62)19-14-41)70(59)60(74)69-31-30-67(55(73)36-69)28-6-4-5-10-54(72)64-46-9-7-8-42(32-46)43-15-22-51-50(33-43)58-48(52(37-71)65-51)25-29-68(58)35-39-23-26-63-27-24-39/h7-9,11-24,26-27,32-34,38,48,52,56-58,65,71H,4-6,10,25,28-31,35-37H2,1-3H3,(H,64,72)/t48-,52-,56-,57+,58-/m1/s1. The van der Waals surface area contributed by atoms with Crippen molar-refractivity contribution in [2.75, 3.05) is 57.1 Å². The number of aromatic nitrogens is 1. The molecule has 4 aliphatic rings. The van der Waals surface area contributed by atoms with Crippen LogP contribution in [-0.4, -0.2) is 112 Å². The Morgan fingerprint density at radius 3 is 2.30 bits per heavy atom. The Labute approximate surface area is 454 Å². The van der Waals surface area contributed by atoms with Gasteiger partial charge in [-0.05, 0) is 146 Å². The number of piperazine rings is 1. The van der Waals surface area contributed by atoms with Gasteiger partial charge >= 0.3 is 6.03 Å². The van der Waals surface area contributed by atoms with Crippen LogP contribution in [0.15, 0.2) is 139 Å². The molecule has 0 spiro atoms. The van der Waals surface area contributed by atoms with Crippen LogP contribution >= 0.6 is 23.2 Å². The number of likely N-dealkylation sites (tertiary alicyclic amines) is 1. The van der Waals surface area contributed by atoms with Gasteiger partial charge in [-0.3, -0.25) is 29.4 Å². The molecule has 0 saturated carbocycles. The monoisotopic (exact) mass is 1060 g/mol. The number of aliphatic hydroxyl groups is 1. The number of fused-ring (bicyclic) bond motifs is 3. The van der Waals surface area contributed by atoms with Crippen molar-refractivity contribution in [2.24, 2.45) is 10.9 Å². The number of halogens is 2. The second-order valence-corrected chi connectivity index (χ2v) is 21.2. The fourth-order valence-electron chi connectivity index (χ4n) is 11.3. The van der Waals surface area contributed by atoms with Crippen LogP contribution in [0.3, 0.4) is 0 Å². The summed E-state index contributed by atoms with van der Waals surface area (Å²) >= 11 is 12.8. The molecular weight excluding hydrogens is 1000 g/mol. The number of nitrogens with zero attached hydrogens (tertiary/aromatic N) is 6. The second-order valence-electron chi connectivity index (χ2n) is 20.3. The summed E-state index contributed by atoms with van der Waals surface area (Å²) < 4.78 is 11.9. The minimum absolute atomic E-state index is 0.00992. The number of ether oxygens (including phenoxy) is 2. The Morgan fingerprint density at radius 1 is 0.829 bits per heavy atom. The molecule has 0 bridgehead atoms. The van der Waals surface area contributed by atoms with Gasteiger partial charge in [0.25, 0.3) is 0 Å². The number of methoxy groups -OCH3 is 1. The summed E-state index contributed by atoms with van der Waals surface area (Å²) in [5.74, 6) is 1.59. The molecular formula is C60H64Cl2N8O6. The van der Waals surface area contributed by atoms with Gasteiger partial charge in [0.05, 0.1) is 37.5 Å². The van der Waals surface area contributed by atoms with E-state index in [2.05, 4.69) is 56.9 Å².